The first-order valence-corrected chi connectivity index (χ1v) is 11.0. The summed E-state index contributed by atoms with van der Waals surface area (Å²) in [6.07, 6.45) is 10.4. The van der Waals surface area contributed by atoms with Gasteiger partial charge in [0.25, 0.3) is 0 Å². The van der Waals surface area contributed by atoms with E-state index in [4.69, 9.17) is 4.74 Å². The van der Waals surface area contributed by atoms with E-state index in [-0.39, 0.29) is 0 Å². The Balaban J connectivity index is 0.000000433. The van der Waals surface area contributed by atoms with Crippen LogP contribution in [0, 0.1) is 0 Å². The molecule has 22 heavy (non-hydrogen) atoms. The molecule has 125 valence electrons. The van der Waals surface area contributed by atoms with Crippen LogP contribution >= 0.6 is 0 Å². The molecule has 0 aliphatic heterocycles. The first-order chi connectivity index (χ1) is 10.5. The van der Waals surface area contributed by atoms with Crippen molar-refractivity contribution in [2.45, 2.75) is 51.8 Å². The molecule has 0 N–H and O–H groups in total. The molecule has 0 atom stereocenters. The van der Waals surface area contributed by atoms with Gasteiger partial charge in [-0.3, -0.25) is 0 Å². The van der Waals surface area contributed by atoms with E-state index >= 15 is 0 Å². The van der Waals surface area contributed by atoms with Crippen LogP contribution in [0.2, 0.25) is 5.82 Å². The van der Waals surface area contributed by atoms with Crippen molar-refractivity contribution < 1.29 is 29.6 Å². The molecule has 0 fully saturated rings. The second kappa shape index (κ2) is 10.4. The quantitative estimate of drug-likeness (QED) is 0.522. The van der Waals surface area contributed by atoms with Gasteiger partial charge in [-0.05, 0) is 12.8 Å². The number of hydrogen-bond donors (Lipinski definition) is 0. The summed E-state index contributed by atoms with van der Waals surface area (Å²) in [7, 11) is -4.15. The second-order valence-corrected chi connectivity index (χ2v) is 10.7. The average molecular weight is 349 g/mol. The molecule has 0 heterocycles. The first kappa shape index (κ1) is 20.7. The van der Waals surface area contributed by atoms with Gasteiger partial charge < -0.3 is 4.74 Å². The van der Waals surface area contributed by atoms with E-state index in [0.29, 0.717) is 10.9 Å². The van der Waals surface area contributed by atoms with Crippen LogP contribution in [-0.4, -0.2) is 27.6 Å². The summed E-state index contributed by atoms with van der Waals surface area (Å²) in [5.74, 6) is 1.33. The summed E-state index contributed by atoms with van der Waals surface area (Å²) in [4.78, 5) is 37.0. The van der Waals surface area contributed by atoms with Gasteiger partial charge in [0.1, 0.15) is 0 Å². The molecule has 5 heteroatoms. The van der Waals surface area contributed by atoms with Crippen LogP contribution in [0.1, 0.15) is 46.0 Å². The Morgan fingerprint density at radius 1 is 1.05 bits per heavy atom. The van der Waals surface area contributed by atoms with Crippen LogP contribution < -0.4 is 0 Å². The zero-order valence-corrected chi connectivity index (χ0v) is 14.9. The second-order valence-electron chi connectivity index (χ2n) is 5.12. The third-order valence-electron chi connectivity index (χ3n) is 3.20. The Bertz CT molecular complexity index is 646. The van der Waals surface area contributed by atoms with Crippen molar-refractivity contribution in [2.24, 2.45) is 0 Å². The summed E-state index contributed by atoms with van der Waals surface area (Å²) in [6, 6.07) is 0. The molecule has 1 rings (SSSR count). The SMILES string of the molecule is CCCCOCCCC.[CH3][Mn](=[C]=O)(=[C]=O)(=[C]=O)[C]1=CC=CC1. The van der Waals surface area contributed by atoms with Gasteiger partial charge in [0.05, 0.1) is 0 Å². The molecule has 0 aromatic rings. The summed E-state index contributed by atoms with van der Waals surface area (Å²) >= 11 is 0. The van der Waals surface area contributed by atoms with Crippen molar-refractivity contribution in [3.8, 4) is 0 Å². The molecule has 0 unspecified atom stereocenters. The van der Waals surface area contributed by atoms with E-state index in [9.17, 15) is 14.4 Å². The molecule has 0 bridgehead atoms. The van der Waals surface area contributed by atoms with Crippen LogP contribution in [-0.2, 0) is 29.6 Å². The van der Waals surface area contributed by atoms with Gasteiger partial charge in [-0.2, -0.15) is 0 Å². The molecule has 0 saturated heterocycles. The third-order valence-corrected chi connectivity index (χ3v) is 7.34. The van der Waals surface area contributed by atoms with Crippen molar-refractivity contribution in [1.29, 1.82) is 0 Å². The Hall–Kier alpha value is -1.30. The summed E-state index contributed by atoms with van der Waals surface area (Å²) in [5, 5.41) is 0. The Morgan fingerprint density at radius 3 is 1.86 bits per heavy atom. The number of rotatable bonds is 7. The Morgan fingerprint density at radius 2 is 1.55 bits per heavy atom. The van der Waals surface area contributed by atoms with Crippen LogP contribution in [0.3, 0.4) is 0 Å². The van der Waals surface area contributed by atoms with Crippen LogP contribution in [0.5, 0.6) is 0 Å². The topological polar surface area (TPSA) is 60.4 Å². The first-order valence-electron chi connectivity index (χ1n) is 7.45. The number of allylic oxidation sites excluding steroid dienone is 4. The molecule has 1 aliphatic carbocycles. The van der Waals surface area contributed by atoms with Gasteiger partial charge in [0.15, 0.2) is 0 Å². The van der Waals surface area contributed by atoms with Crippen LogP contribution in [0.25, 0.3) is 0 Å². The number of unbranched alkanes of at least 4 members (excludes halogenated alkanes) is 2. The molecule has 0 aromatic carbocycles. The zero-order valence-electron chi connectivity index (χ0n) is 13.7. The summed E-state index contributed by atoms with van der Waals surface area (Å²) in [5.41, 5.74) is 0. The summed E-state index contributed by atoms with van der Waals surface area (Å²) in [6.45, 7) is 6.28. The van der Waals surface area contributed by atoms with Crippen LogP contribution in [0.15, 0.2) is 22.7 Å². The van der Waals surface area contributed by atoms with Crippen LogP contribution in [0.4, 0.5) is 0 Å². The summed E-state index contributed by atoms with van der Waals surface area (Å²) < 4.78 is 5.83. The van der Waals surface area contributed by atoms with Gasteiger partial charge in [-0.1, -0.05) is 26.7 Å². The maximum absolute atomic E-state index is 10.7. The zero-order chi connectivity index (χ0) is 16.9. The Labute approximate surface area is 132 Å². The fourth-order valence-corrected chi connectivity index (χ4v) is 3.52. The van der Waals surface area contributed by atoms with Crippen molar-refractivity contribution in [1.82, 2.24) is 0 Å². The standard InChI is InChI=1S/C8H18O.C5H5.3CO.CH3.Mn/c1-3-5-7-9-8-6-4-2;1-2-4-5-3-1;3*1-2;;/h3-8H2,1-2H3;1-3H,4H2;;;;1H3;. The average Bonchev–Trinajstić information content (AvgIpc) is 3.11. The van der Waals surface area contributed by atoms with Crippen molar-refractivity contribution in [3.05, 3.63) is 22.7 Å². The number of ether oxygens (including phenoxy) is 1. The molecule has 0 radical (unpaired) electrons. The molecular weight excluding hydrogens is 323 g/mol. The Kier molecular flexibility index (Phi) is 9.81. The van der Waals surface area contributed by atoms with E-state index in [1.54, 1.807) is 32.6 Å². The van der Waals surface area contributed by atoms with Gasteiger partial charge in [0.2, 0.25) is 0 Å². The number of carbonyl (C=O) groups excluding carboxylic acids is 3. The molecule has 1 aliphatic rings. The molecular formula is C17H26MnO4. The van der Waals surface area contributed by atoms with E-state index in [1.807, 2.05) is 0 Å². The van der Waals surface area contributed by atoms with E-state index in [2.05, 4.69) is 13.8 Å². The van der Waals surface area contributed by atoms with Crippen molar-refractivity contribution >= 4 is 14.4 Å². The predicted molar refractivity (Wildman–Crippen MR) is 85.4 cm³/mol. The minimum absolute atomic E-state index is 0.449. The molecule has 0 spiro atoms. The molecule has 0 amide bonds. The van der Waals surface area contributed by atoms with Gasteiger partial charge in [-0.25, -0.2) is 0 Å². The van der Waals surface area contributed by atoms with E-state index in [1.165, 1.54) is 31.5 Å². The van der Waals surface area contributed by atoms with Crippen molar-refractivity contribution in [3.63, 3.8) is 0 Å². The number of hydrogen-bond acceptors (Lipinski definition) is 4. The monoisotopic (exact) mass is 349 g/mol. The van der Waals surface area contributed by atoms with E-state index in [0.717, 1.165) is 13.2 Å². The van der Waals surface area contributed by atoms with Gasteiger partial charge in [-0.15, -0.1) is 0 Å². The maximum atomic E-state index is 10.7. The fourth-order valence-electron chi connectivity index (χ4n) is 1.56. The fraction of sp³-hybridized carbons (Fsp3) is 0.588. The van der Waals surface area contributed by atoms with Gasteiger partial charge >= 0.3 is 74.2 Å². The minimum atomic E-state index is -4.15. The molecule has 0 saturated carbocycles. The molecule has 0 aromatic heterocycles. The predicted octanol–water partition coefficient (Wildman–Crippen LogP) is 3.37. The van der Waals surface area contributed by atoms with E-state index < -0.39 is 10.5 Å². The van der Waals surface area contributed by atoms with Crippen molar-refractivity contribution in [2.75, 3.05) is 13.2 Å². The third kappa shape index (κ3) is 5.83. The molecule has 4 nitrogen and oxygen atoms in total. The van der Waals surface area contributed by atoms with Gasteiger partial charge in [0, 0.05) is 13.2 Å². The normalized spacial score (nSPS) is 14.5.